The summed E-state index contributed by atoms with van der Waals surface area (Å²) in [5.74, 6) is 0.189. The van der Waals surface area contributed by atoms with Gasteiger partial charge in [0, 0.05) is 28.7 Å². The molecule has 1 aliphatic rings. The molecule has 1 aromatic heterocycles. The largest absolute Gasteiger partial charge is 0.384 e. The summed E-state index contributed by atoms with van der Waals surface area (Å²) < 4.78 is 5.35. The molecule has 0 amide bonds. The van der Waals surface area contributed by atoms with Crippen molar-refractivity contribution in [2.45, 2.75) is 25.9 Å². The molecule has 1 saturated heterocycles. The Hall–Kier alpha value is -0.380. The lowest BCUT2D eigenvalue weighted by molar-refractivity contribution is -0.109. The van der Waals surface area contributed by atoms with Crippen LogP contribution in [-0.2, 0) is 10.3 Å². The van der Waals surface area contributed by atoms with Crippen molar-refractivity contribution in [1.29, 1.82) is 0 Å². The molecular formula is C11H16O2S. The molecule has 78 valence electrons. The van der Waals surface area contributed by atoms with Crippen LogP contribution >= 0.6 is 11.3 Å². The maximum absolute atomic E-state index is 10.6. The van der Waals surface area contributed by atoms with Crippen LogP contribution in [0.2, 0.25) is 0 Å². The zero-order chi connectivity index (χ0) is 10.2. The van der Waals surface area contributed by atoms with E-state index in [1.165, 1.54) is 4.88 Å². The summed E-state index contributed by atoms with van der Waals surface area (Å²) in [5, 5.41) is 10.6. The van der Waals surface area contributed by atoms with Crippen LogP contribution in [0.4, 0.5) is 0 Å². The fraction of sp³-hybridized carbons (Fsp3) is 0.636. The molecule has 3 heteroatoms. The van der Waals surface area contributed by atoms with Gasteiger partial charge in [0.1, 0.15) is 5.60 Å². The minimum atomic E-state index is -0.656. The van der Waals surface area contributed by atoms with E-state index < -0.39 is 5.60 Å². The lowest BCUT2D eigenvalue weighted by Gasteiger charge is -2.37. The van der Waals surface area contributed by atoms with E-state index in [1.54, 1.807) is 11.3 Å². The average Bonchev–Trinajstić information content (AvgIpc) is 2.58. The van der Waals surface area contributed by atoms with Crippen LogP contribution in [0.5, 0.6) is 0 Å². The molecule has 2 heterocycles. The van der Waals surface area contributed by atoms with Gasteiger partial charge in [-0.05, 0) is 19.1 Å². The highest BCUT2D eigenvalue weighted by Crippen LogP contribution is 2.39. The van der Waals surface area contributed by atoms with Crippen molar-refractivity contribution < 1.29 is 9.84 Å². The third kappa shape index (κ3) is 1.60. The third-order valence-corrected chi connectivity index (χ3v) is 4.15. The van der Waals surface area contributed by atoms with Gasteiger partial charge in [0.2, 0.25) is 0 Å². The van der Waals surface area contributed by atoms with Crippen LogP contribution in [0.1, 0.15) is 23.1 Å². The maximum Gasteiger partial charge on any atom is 0.106 e. The summed E-state index contributed by atoms with van der Waals surface area (Å²) in [5.41, 5.74) is -0.656. The maximum atomic E-state index is 10.6. The molecule has 2 atom stereocenters. The Bertz CT molecular complexity index is 321. The fourth-order valence-corrected chi connectivity index (χ4v) is 3.00. The molecule has 1 aromatic rings. The van der Waals surface area contributed by atoms with Crippen molar-refractivity contribution in [2.24, 2.45) is 5.92 Å². The van der Waals surface area contributed by atoms with Gasteiger partial charge in [0.15, 0.2) is 0 Å². The van der Waals surface area contributed by atoms with Gasteiger partial charge < -0.3 is 9.84 Å². The number of ether oxygens (including phenoxy) is 1. The Morgan fingerprint density at radius 3 is 2.93 bits per heavy atom. The lowest BCUT2D eigenvalue weighted by Crippen LogP contribution is -2.40. The topological polar surface area (TPSA) is 29.5 Å². The second-order valence-corrected chi connectivity index (χ2v) is 5.35. The van der Waals surface area contributed by atoms with Crippen LogP contribution in [0.3, 0.4) is 0 Å². The molecule has 0 radical (unpaired) electrons. The first-order chi connectivity index (χ1) is 6.63. The molecule has 2 unspecified atom stereocenters. The fourth-order valence-electron chi connectivity index (χ4n) is 1.91. The van der Waals surface area contributed by atoms with Crippen LogP contribution in [0.25, 0.3) is 0 Å². The second kappa shape index (κ2) is 3.65. The van der Waals surface area contributed by atoms with E-state index in [9.17, 15) is 5.11 Å². The number of thiophene rings is 1. The number of hydrogen-bond acceptors (Lipinski definition) is 3. The molecule has 0 aliphatic carbocycles. The first-order valence-corrected chi connectivity index (χ1v) is 5.81. The number of aryl methyl sites for hydroxylation is 1. The lowest BCUT2D eigenvalue weighted by atomic mass is 9.83. The molecule has 0 aromatic carbocycles. The van der Waals surface area contributed by atoms with E-state index in [0.29, 0.717) is 19.6 Å². The molecule has 0 spiro atoms. The highest BCUT2D eigenvalue weighted by atomic mass is 32.1. The predicted octanol–water partition coefficient (Wildman–Crippen LogP) is 2.30. The number of rotatable bonds is 1. The second-order valence-electron chi connectivity index (χ2n) is 4.06. The van der Waals surface area contributed by atoms with Gasteiger partial charge in [-0.1, -0.05) is 6.92 Å². The van der Waals surface area contributed by atoms with E-state index in [1.807, 2.05) is 13.0 Å². The zero-order valence-electron chi connectivity index (χ0n) is 8.62. The van der Waals surface area contributed by atoms with Crippen molar-refractivity contribution >= 4 is 11.3 Å². The van der Waals surface area contributed by atoms with E-state index in [0.717, 1.165) is 4.88 Å². The standard InChI is InChI=1S/C11H16O2S/c1-8-7-13-6-5-11(8,12)10-4-3-9(2)14-10/h3-4,8,12H,5-7H2,1-2H3. The van der Waals surface area contributed by atoms with Crippen LogP contribution in [0, 0.1) is 12.8 Å². The van der Waals surface area contributed by atoms with E-state index in [4.69, 9.17) is 4.74 Å². The third-order valence-electron chi connectivity index (χ3n) is 2.98. The van der Waals surface area contributed by atoms with Gasteiger partial charge in [-0.25, -0.2) is 0 Å². The zero-order valence-corrected chi connectivity index (χ0v) is 9.43. The molecule has 14 heavy (non-hydrogen) atoms. The predicted molar refractivity (Wildman–Crippen MR) is 57.6 cm³/mol. The minimum Gasteiger partial charge on any atom is -0.384 e. The molecule has 2 nitrogen and oxygen atoms in total. The Kier molecular flexibility index (Phi) is 2.64. The van der Waals surface area contributed by atoms with Gasteiger partial charge in [-0.15, -0.1) is 11.3 Å². The molecule has 1 N–H and O–H groups in total. The summed E-state index contributed by atoms with van der Waals surface area (Å²) >= 11 is 1.69. The summed E-state index contributed by atoms with van der Waals surface area (Å²) in [6.45, 7) is 5.45. The summed E-state index contributed by atoms with van der Waals surface area (Å²) in [6, 6.07) is 4.11. The first-order valence-electron chi connectivity index (χ1n) is 5.00. The Balaban J connectivity index is 2.29. The molecule has 1 aliphatic heterocycles. The molecule has 1 fully saturated rings. The van der Waals surface area contributed by atoms with Crippen molar-refractivity contribution in [3.63, 3.8) is 0 Å². The number of aliphatic hydroxyl groups is 1. The molecule has 0 bridgehead atoms. The van der Waals surface area contributed by atoms with E-state index in [-0.39, 0.29) is 5.92 Å². The van der Waals surface area contributed by atoms with Crippen molar-refractivity contribution in [3.05, 3.63) is 21.9 Å². The highest BCUT2D eigenvalue weighted by Gasteiger charge is 2.39. The van der Waals surface area contributed by atoms with Crippen molar-refractivity contribution in [2.75, 3.05) is 13.2 Å². The Labute approximate surface area is 88.5 Å². The smallest absolute Gasteiger partial charge is 0.106 e. The van der Waals surface area contributed by atoms with Gasteiger partial charge in [0.25, 0.3) is 0 Å². The summed E-state index contributed by atoms with van der Waals surface area (Å²) in [7, 11) is 0. The molecular weight excluding hydrogens is 196 g/mol. The van der Waals surface area contributed by atoms with Crippen LogP contribution < -0.4 is 0 Å². The minimum absolute atomic E-state index is 0.189. The van der Waals surface area contributed by atoms with Crippen molar-refractivity contribution in [3.8, 4) is 0 Å². The molecule has 2 rings (SSSR count). The van der Waals surface area contributed by atoms with Crippen LogP contribution in [-0.4, -0.2) is 18.3 Å². The van der Waals surface area contributed by atoms with Gasteiger partial charge in [0.05, 0.1) is 6.61 Å². The molecule has 0 saturated carbocycles. The van der Waals surface area contributed by atoms with Crippen molar-refractivity contribution in [1.82, 2.24) is 0 Å². The SMILES string of the molecule is Cc1ccc(C2(O)CCOCC2C)s1. The quantitative estimate of drug-likeness (QED) is 0.774. The monoisotopic (exact) mass is 212 g/mol. The number of hydrogen-bond donors (Lipinski definition) is 1. The van der Waals surface area contributed by atoms with Gasteiger partial charge in [-0.3, -0.25) is 0 Å². The first kappa shape index (κ1) is 10.1. The van der Waals surface area contributed by atoms with Gasteiger partial charge >= 0.3 is 0 Å². The van der Waals surface area contributed by atoms with E-state index >= 15 is 0 Å². The normalized spacial score (nSPS) is 33.2. The summed E-state index contributed by atoms with van der Waals surface area (Å²) in [4.78, 5) is 2.35. The average molecular weight is 212 g/mol. The Morgan fingerprint density at radius 2 is 2.36 bits per heavy atom. The van der Waals surface area contributed by atoms with Gasteiger partial charge in [-0.2, -0.15) is 0 Å². The van der Waals surface area contributed by atoms with Crippen LogP contribution in [0.15, 0.2) is 12.1 Å². The highest BCUT2D eigenvalue weighted by molar-refractivity contribution is 7.12. The summed E-state index contributed by atoms with van der Waals surface area (Å²) in [6.07, 6.45) is 0.716. The van der Waals surface area contributed by atoms with E-state index in [2.05, 4.69) is 13.0 Å². The Morgan fingerprint density at radius 1 is 1.57 bits per heavy atom.